The van der Waals surface area contributed by atoms with Gasteiger partial charge in [-0.05, 0) is 12.1 Å². The van der Waals surface area contributed by atoms with Crippen molar-refractivity contribution in [1.29, 1.82) is 0 Å². The van der Waals surface area contributed by atoms with Crippen molar-refractivity contribution in [2.24, 2.45) is 0 Å². The van der Waals surface area contributed by atoms with E-state index in [-0.39, 0.29) is 11.6 Å². The first kappa shape index (κ1) is 9.20. The number of aromatic hydroxyl groups is 1. The maximum absolute atomic E-state index is 10.4. The van der Waals surface area contributed by atoms with E-state index in [2.05, 4.69) is 9.97 Å². The van der Waals surface area contributed by atoms with Crippen LogP contribution in [0.1, 0.15) is 0 Å². The van der Waals surface area contributed by atoms with Crippen LogP contribution in [0.15, 0.2) is 24.4 Å². The van der Waals surface area contributed by atoms with Gasteiger partial charge in [-0.2, -0.15) is 0 Å². The molecule has 15 heavy (non-hydrogen) atoms. The molecule has 0 saturated carbocycles. The van der Waals surface area contributed by atoms with Gasteiger partial charge in [0.25, 0.3) is 0 Å². The van der Waals surface area contributed by atoms with Gasteiger partial charge in [0.15, 0.2) is 11.6 Å². The van der Waals surface area contributed by atoms with Crippen LogP contribution in [0.4, 0.5) is 10.6 Å². The normalized spacial score (nSPS) is 10.1. The number of rotatable bonds is 1. The summed E-state index contributed by atoms with van der Waals surface area (Å²) < 4.78 is 0. The molecule has 0 bridgehead atoms. The standard InChI is InChI=1S/C9H7N3O3/c13-7-4-6-5(2-1-3-10-6)11-8(7)12-9(14)15/h1-4,13H,(H,11,12)(H,14,15). The molecule has 0 atom stereocenters. The molecular formula is C9H7N3O3. The second kappa shape index (κ2) is 3.41. The van der Waals surface area contributed by atoms with Crippen molar-refractivity contribution in [2.45, 2.75) is 0 Å². The quantitative estimate of drug-likeness (QED) is 0.654. The fraction of sp³-hybridized carbons (Fsp3) is 0. The number of amides is 1. The first-order valence-electron chi connectivity index (χ1n) is 4.11. The molecule has 0 saturated heterocycles. The molecule has 0 aliphatic heterocycles. The van der Waals surface area contributed by atoms with Crippen molar-refractivity contribution in [1.82, 2.24) is 9.97 Å². The Balaban J connectivity index is 2.56. The molecule has 0 spiro atoms. The van der Waals surface area contributed by atoms with Crippen LogP contribution in [-0.4, -0.2) is 26.3 Å². The summed E-state index contributed by atoms with van der Waals surface area (Å²) in [4.78, 5) is 18.3. The lowest BCUT2D eigenvalue weighted by Crippen LogP contribution is -2.08. The van der Waals surface area contributed by atoms with Gasteiger partial charge in [-0.3, -0.25) is 10.3 Å². The minimum atomic E-state index is -1.28. The number of pyridine rings is 2. The number of hydrogen-bond acceptors (Lipinski definition) is 4. The Morgan fingerprint density at radius 3 is 2.93 bits per heavy atom. The zero-order valence-corrected chi connectivity index (χ0v) is 7.51. The van der Waals surface area contributed by atoms with Crippen LogP contribution in [0.3, 0.4) is 0 Å². The number of aromatic nitrogens is 2. The lowest BCUT2D eigenvalue weighted by Gasteiger charge is -2.04. The van der Waals surface area contributed by atoms with E-state index in [0.29, 0.717) is 11.0 Å². The summed E-state index contributed by atoms with van der Waals surface area (Å²) in [6, 6.07) is 4.71. The smallest absolute Gasteiger partial charge is 0.410 e. The summed E-state index contributed by atoms with van der Waals surface area (Å²) in [6.07, 6.45) is 0.286. The number of carbonyl (C=O) groups is 1. The van der Waals surface area contributed by atoms with Crippen molar-refractivity contribution in [3.63, 3.8) is 0 Å². The number of carboxylic acid groups (broad SMARTS) is 1. The van der Waals surface area contributed by atoms with Crippen LogP contribution < -0.4 is 5.32 Å². The molecule has 0 aromatic carbocycles. The molecule has 2 aromatic rings. The molecule has 2 heterocycles. The van der Waals surface area contributed by atoms with E-state index in [0.717, 1.165) is 0 Å². The molecule has 6 heteroatoms. The molecule has 0 aliphatic carbocycles. The third kappa shape index (κ3) is 1.78. The van der Waals surface area contributed by atoms with E-state index in [1.54, 1.807) is 18.3 Å². The van der Waals surface area contributed by atoms with E-state index < -0.39 is 6.09 Å². The molecule has 0 radical (unpaired) electrons. The van der Waals surface area contributed by atoms with Crippen molar-refractivity contribution in [2.75, 3.05) is 5.32 Å². The molecular weight excluding hydrogens is 198 g/mol. The average molecular weight is 205 g/mol. The summed E-state index contributed by atoms with van der Waals surface area (Å²) in [7, 11) is 0. The zero-order valence-electron chi connectivity index (χ0n) is 7.51. The third-order valence-electron chi connectivity index (χ3n) is 1.79. The van der Waals surface area contributed by atoms with Gasteiger partial charge in [0.2, 0.25) is 0 Å². The number of nitrogens with zero attached hydrogens (tertiary/aromatic N) is 2. The minimum Gasteiger partial charge on any atom is -0.504 e. The highest BCUT2D eigenvalue weighted by molar-refractivity contribution is 5.87. The van der Waals surface area contributed by atoms with Crippen LogP contribution in [0.5, 0.6) is 5.75 Å². The van der Waals surface area contributed by atoms with E-state index in [9.17, 15) is 9.90 Å². The van der Waals surface area contributed by atoms with E-state index in [1.807, 2.05) is 5.32 Å². The van der Waals surface area contributed by atoms with Crippen LogP contribution in [-0.2, 0) is 0 Å². The molecule has 2 rings (SSSR count). The van der Waals surface area contributed by atoms with Crippen molar-refractivity contribution in [3.05, 3.63) is 24.4 Å². The predicted octanol–water partition coefficient (Wildman–Crippen LogP) is 1.43. The van der Waals surface area contributed by atoms with Gasteiger partial charge in [-0.25, -0.2) is 9.78 Å². The van der Waals surface area contributed by atoms with Crippen molar-refractivity contribution < 1.29 is 15.0 Å². The fourth-order valence-electron chi connectivity index (χ4n) is 1.18. The highest BCUT2D eigenvalue weighted by Crippen LogP contribution is 2.24. The monoisotopic (exact) mass is 205 g/mol. The lowest BCUT2D eigenvalue weighted by molar-refractivity contribution is 0.209. The number of anilines is 1. The largest absolute Gasteiger partial charge is 0.504 e. The maximum atomic E-state index is 10.4. The highest BCUT2D eigenvalue weighted by Gasteiger charge is 2.08. The Hall–Kier alpha value is -2.37. The topological polar surface area (TPSA) is 95.3 Å². The van der Waals surface area contributed by atoms with Crippen molar-refractivity contribution >= 4 is 22.9 Å². The summed E-state index contributed by atoms with van der Waals surface area (Å²) in [5.41, 5.74) is 1.02. The van der Waals surface area contributed by atoms with Gasteiger partial charge in [0, 0.05) is 12.3 Å². The maximum Gasteiger partial charge on any atom is 0.410 e. The van der Waals surface area contributed by atoms with Gasteiger partial charge < -0.3 is 10.2 Å². The SMILES string of the molecule is O=C(O)Nc1nc2cccnc2cc1O. The summed E-state index contributed by atoms with van der Waals surface area (Å²) >= 11 is 0. The van der Waals surface area contributed by atoms with E-state index >= 15 is 0 Å². The summed E-state index contributed by atoms with van der Waals surface area (Å²) in [5, 5.41) is 19.9. The number of fused-ring (bicyclic) bond motifs is 1. The molecule has 3 N–H and O–H groups in total. The summed E-state index contributed by atoms with van der Waals surface area (Å²) in [5.74, 6) is -0.341. The lowest BCUT2D eigenvalue weighted by atomic mass is 10.3. The molecule has 1 amide bonds. The van der Waals surface area contributed by atoms with Gasteiger partial charge in [-0.1, -0.05) is 0 Å². The van der Waals surface area contributed by atoms with Gasteiger partial charge in [0.1, 0.15) is 0 Å². The van der Waals surface area contributed by atoms with Gasteiger partial charge >= 0.3 is 6.09 Å². The Bertz CT molecular complexity index is 527. The Labute approximate surface area is 84.2 Å². The van der Waals surface area contributed by atoms with E-state index in [1.165, 1.54) is 6.07 Å². The predicted molar refractivity (Wildman–Crippen MR) is 52.9 cm³/mol. The molecule has 0 unspecified atom stereocenters. The molecule has 6 nitrogen and oxygen atoms in total. The first-order valence-corrected chi connectivity index (χ1v) is 4.11. The van der Waals surface area contributed by atoms with Gasteiger partial charge in [0.05, 0.1) is 11.0 Å². The molecule has 76 valence electrons. The van der Waals surface area contributed by atoms with Crippen molar-refractivity contribution in [3.8, 4) is 5.75 Å². The second-order valence-corrected chi connectivity index (χ2v) is 2.83. The van der Waals surface area contributed by atoms with E-state index in [4.69, 9.17) is 5.11 Å². The third-order valence-corrected chi connectivity index (χ3v) is 1.79. The number of hydrogen-bond donors (Lipinski definition) is 3. The zero-order chi connectivity index (χ0) is 10.8. The van der Waals surface area contributed by atoms with Crippen LogP contribution >= 0.6 is 0 Å². The molecule has 0 aliphatic rings. The number of nitrogens with one attached hydrogen (secondary N) is 1. The van der Waals surface area contributed by atoms with Crippen LogP contribution in [0.25, 0.3) is 11.0 Å². The average Bonchev–Trinajstić information content (AvgIpc) is 2.18. The molecule has 0 fully saturated rings. The Kier molecular flexibility index (Phi) is 2.09. The van der Waals surface area contributed by atoms with Crippen LogP contribution in [0, 0.1) is 0 Å². The Morgan fingerprint density at radius 1 is 1.40 bits per heavy atom. The first-order chi connectivity index (χ1) is 7.16. The highest BCUT2D eigenvalue weighted by atomic mass is 16.4. The fourth-order valence-corrected chi connectivity index (χ4v) is 1.18. The second-order valence-electron chi connectivity index (χ2n) is 2.83. The van der Waals surface area contributed by atoms with Crippen LogP contribution in [0.2, 0.25) is 0 Å². The Morgan fingerprint density at radius 2 is 2.20 bits per heavy atom. The molecule has 2 aromatic heterocycles. The van der Waals surface area contributed by atoms with Gasteiger partial charge in [-0.15, -0.1) is 0 Å². The summed E-state index contributed by atoms with van der Waals surface area (Å²) in [6.45, 7) is 0. The minimum absolute atomic E-state index is 0.0944.